The van der Waals surface area contributed by atoms with Crippen LogP contribution in [0.2, 0.25) is 0 Å². The van der Waals surface area contributed by atoms with Crippen LogP contribution in [0.4, 0.5) is 5.69 Å². The van der Waals surface area contributed by atoms with E-state index >= 15 is 0 Å². The summed E-state index contributed by atoms with van der Waals surface area (Å²) in [4.78, 5) is 7.27. The second-order valence-corrected chi connectivity index (χ2v) is 7.09. The van der Waals surface area contributed by atoms with E-state index < -0.39 is 0 Å². The fraction of sp³-hybridized carbons (Fsp3) is 0.471. The molecule has 2 saturated heterocycles. The first-order chi connectivity index (χ1) is 10.3. The topological polar surface area (TPSA) is 28.2 Å². The van der Waals surface area contributed by atoms with Crippen molar-refractivity contribution in [3.05, 3.63) is 34.9 Å². The number of anilines is 1. The zero-order valence-electron chi connectivity index (χ0n) is 12.1. The monoisotopic (exact) mass is 345 g/mol. The molecule has 3 heterocycles. The van der Waals surface area contributed by atoms with Gasteiger partial charge in [0.05, 0.1) is 11.2 Å². The van der Waals surface area contributed by atoms with Crippen molar-refractivity contribution < 1.29 is 0 Å². The highest BCUT2D eigenvalue weighted by Gasteiger charge is 2.35. The van der Waals surface area contributed by atoms with E-state index in [0.29, 0.717) is 12.1 Å². The molecule has 3 nitrogen and oxygen atoms in total. The molecule has 0 spiro atoms. The fourth-order valence-corrected chi connectivity index (χ4v) is 4.21. The number of para-hydroxylation sites is 1. The molecule has 2 atom stereocenters. The Morgan fingerprint density at radius 2 is 2.14 bits per heavy atom. The van der Waals surface area contributed by atoms with Crippen LogP contribution in [0, 0.1) is 0 Å². The molecular weight excluding hydrogens is 326 g/mol. The van der Waals surface area contributed by atoms with Gasteiger partial charge in [-0.15, -0.1) is 0 Å². The third-order valence-electron chi connectivity index (χ3n) is 4.87. The number of piperidine rings is 1. The van der Waals surface area contributed by atoms with Gasteiger partial charge in [-0.05, 0) is 53.9 Å². The lowest BCUT2D eigenvalue weighted by Gasteiger charge is -2.33. The molecule has 1 N–H and O–H groups in total. The van der Waals surface area contributed by atoms with E-state index in [2.05, 4.69) is 55.4 Å². The van der Waals surface area contributed by atoms with Crippen molar-refractivity contribution in [3.8, 4) is 0 Å². The molecule has 4 rings (SSSR count). The van der Waals surface area contributed by atoms with Gasteiger partial charge in [0.1, 0.15) is 0 Å². The molecule has 0 saturated carbocycles. The quantitative estimate of drug-likeness (QED) is 0.890. The molecule has 21 heavy (non-hydrogen) atoms. The van der Waals surface area contributed by atoms with Crippen LogP contribution in [0.3, 0.4) is 0 Å². The Bertz CT molecular complexity index is 658. The molecule has 2 unspecified atom stereocenters. The van der Waals surface area contributed by atoms with E-state index in [0.717, 1.165) is 9.99 Å². The number of halogens is 1. The molecule has 0 aliphatic carbocycles. The summed E-state index contributed by atoms with van der Waals surface area (Å²) in [5.41, 5.74) is 2.26. The Labute approximate surface area is 133 Å². The average Bonchev–Trinajstić information content (AvgIpc) is 2.91. The van der Waals surface area contributed by atoms with Crippen molar-refractivity contribution >= 4 is 32.5 Å². The third kappa shape index (κ3) is 2.55. The average molecular weight is 346 g/mol. The first-order valence-corrected chi connectivity index (χ1v) is 8.65. The highest BCUT2D eigenvalue weighted by Crippen LogP contribution is 2.31. The Morgan fingerprint density at radius 3 is 3.10 bits per heavy atom. The van der Waals surface area contributed by atoms with E-state index in [1.54, 1.807) is 0 Å². The second-order valence-electron chi connectivity index (χ2n) is 6.17. The maximum absolute atomic E-state index is 4.60. The van der Waals surface area contributed by atoms with Gasteiger partial charge in [0.2, 0.25) is 0 Å². The van der Waals surface area contributed by atoms with Gasteiger partial charge >= 0.3 is 0 Å². The molecule has 2 aromatic rings. The van der Waals surface area contributed by atoms with Gasteiger partial charge in [0, 0.05) is 34.7 Å². The number of hydrogen-bond acceptors (Lipinski definition) is 3. The van der Waals surface area contributed by atoms with Crippen LogP contribution >= 0.6 is 15.9 Å². The lowest BCUT2D eigenvalue weighted by atomic mass is 9.98. The minimum absolute atomic E-state index is 0.571. The summed E-state index contributed by atoms with van der Waals surface area (Å²) >= 11 is 3.50. The molecule has 2 aliphatic heterocycles. The van der Waals surface area contributed by atoms with Crippen LogP contribution in [-0.2, 0) is 0 Å². The van der Waals surface area contributed by atoms with E-state index in [1.807, 2.05) is 6.20 Å². The lowest BCUT2D eigenvalue weighted by Crippen LogP contribution is -2.41. The van der Waals surface area contributed by atoms with Crippen LogP contribution in [0.1, 0.15) is 25.7 Å². The Balaban J connectivity index is 1.62. The molecule has 4 heteroatoms. The normalized spacial score (nSPS) is 26.0. The Kier molecular flexibility index (Phi) is 3.59. The number of nitrogens with one attached hydrogen (secondary N) is 1. The summed E-state index contributed by atoms with van der Waals surface area (Å²) in [6.07, 6.45) is 7.21. The van der Waals surface area contributed by atoms with Gasteiger partial charge in [-0.3, -0.25) is 9.88 Å². The highest BCUT2D eigenvalue weighted by atomic mass is 79.9. The molecule has 110 valence electrons. The molecule has 2 aliphatic rings. The molecular formula is C17H20BrN3. The SMILES string of the molecule is Brc1cnc2c(NC3CCN4CCCCC34)cccc2c1. The summed E-state index contributed by atoms with van der Waals surface area (Å²) in [5, 5.41) is 4.97. The fourth-order valence-electron chi connectivity index (χ4n) is 3.87. The van der Waals surface area contributed by atoms with Gasteiger partial charge in [-0.1, -0.05) is 18.6 Å². The smallest absolute Gasteiger partial charge is 0.0934 e. The summed E-state index contributed by atoms with van der Waals surface area (Å²) in [6, 6.07) is 9.82. The van der Waals surface area contributed by atoms with Crippen molar-refractivity contribution in [2.45, 2.75) is 37.8 Å². The first kappa shape index (κ1) is 13.5. The minimum atomic E-state index is 0.571. The van der Waals surface area contributed by atoms with Crippen LogP contribution in [0.25, 0.3) is 10.9 Å². The molecule has 1 aromatic heterocycles. The maximum atomic E-state index is 4.60. The number of rotatable bonds is 2. The number of fused-ring (bicyclic) bond motifs is 2. The first-order valence-electron chi connectivity index (χ1n) is 7.86. The van der Waals surface area contributed by atoms with Crippen molar-refractivity contribution in [3.63, 3.8) is 0 Å². The number of hydrogen-bond donors (Lipinski definition) is 1. The maximum Gasteiger partial charge on any atom is 0.0934 e. The molecule has 0 amide bonds. The zero-order chi connectivity index (χ0) is 14.2. The molecule has 1 aromatic carbocycles. The van der Waals surface area contributed by atoms with Crippen molar-refractivity contribution in [1.82, 2.24) is 9.88 Å². The van der Waals surface area contributed by atoms with Gasteiger partial charge in [-0.25, -0.2) is 0 Å². The molecule has 2 fully saturated rings. The largest absolute Gasteiger partial charge is 0.379 e. The van der Waals surface area contributed by atoms with Crippen LogP contribution in [0.15, 0.2) is 34.9 Å². The van der Waals surface area contributed by atoms with Gasteiger partial charge in [0.15, 0.2) is 0 Å². The van der Waals surface area contributed by atoms with E-state index in [1.165, 1.54) is 49.8 Å². The van der Waals surface area contributed by atoms with Gasteiger partial charge in [0.25, 0.3) is 0 Å². The minimum Gasteiger partial charge on any atom is -0.379 e. The van der Waals surface area contributed by atoms with Crippen molar-refractivity contribution in [2.75, 3.05) is 18.4 Å². The predicted octanol–water partition coefficient (Wildman–Crippen LogP) is 4.04. The van der Waals surface area contributed by atoms with Gasteiger partial charge in [-0.2, -0.15) is 0 Å². The highest BCUT2D eigenvalue weighted by molar-refractivity contribution is 9.10. The molecule has 0 bridgehead atoms. The summed E-state index contributed by atoms with van der Waals surface area (Å²) in [5.74, 6) is 0. The standard InChI is InChI=1S/C17H20BrN3/c18-13-10-12-4-3-5-15(17(12)19-11-13)20-14-7-9-21-8-2-1-6-16(14)21/h3-5,10-11,14,16,20H,1-2,6-9H2. The number of pyridine rings is 1. The van der Waals surface area contributed by atoms with Crippen LogP contribution < -0.4 is 5.32 Å². The van der Waals surface area contributed by atoms with Crippen molar-refractivity contribution in [2.24, 2.45) is 0 Å². The van der Waals surface area contributed by atoms with E-state index in [-0.39, 0.29) is 0 Å². The summed E-state index contributed by atoms with van der Waals surface area (Å²) in [6.45, 7) is 2.52. The summed E-state index contributed by atoms with van der Waals surface area (Å²) < 4.78 is 1.03. The van der Waals surface area contributed by atoms with Crippen LogP contribution in [0.5, 0.6) is 0 Å². The van der Waals surface area contributed by atoms with E-state index in [9.17, 15) is 0 Å². The van der Waals surface area contributed by atoms with Crippen LogP contribution in [-0.4, -0.2) is 35.1 Å². The predicted molar refractivity (Wildman–Crippen MR) is 90.7 cm³/mol. The van der Waals surface area contributed by atoms with E-state index in [4.69, 9.17) is 0 Å². The lowest BCUT2D eigenvalue weighted by molar-refractivity contribution is 0.193. The zero-order valence-corrected chi connectivity index (χ0v) is 13.6. The Morgan fingerprint density at radius 1 is 1.19 bits per heavy atom. The number of aromatic nitrogens is 1. The number of benzene rings is 1. The second kappa shape index (κ2) is 5.58. The molecule has 0 radical (unpaired) electrons. The Hall–Kier alpha value is -1.13. The van der Waals surface area contributed by atoms with Crippen molar-refractivity contribution in [1.29, 1.82) is 0 Å². The van der Waals surface area contributed by atoms with Gasteiger partial charge < -0.3 is 5.32 Å². The third-order valence-corrected chi connectivity index (χ3v) is 5.31. The summed E-state index contributed by atoms with van der Waals surface area (Å²) in [7, 11) is 0. The number of nitrogens with zero attached hydrogens (tertiary/aromatic N) is 2.